The molecule has 1 saturated heterocycles. The lowest BCUT2D eigenvalue weighted by Gasteiger charge is -2.39. The Balaban J connectivity index is 1.91. The molecule has 0 bridgehead atoms. The molecule has 0 spiro atoms. The third-order valence-corrected chi connectivity index (χ3v) is 6.56. The van der Waals surface area contributed by atoms with E-state index >= 15 is 0 Å². The van der Waals surface area contributed by atoms with Crippen LogP contribution in [0.5, 0.6) is 0 Å². The van der Waals surface area contributed by atoms with Gasteiger partial charge in [0.2, 0.25) is 11.0 Å². The van der Waals surface area contributed by atoms with Crippen LogP contribution in [0.3, 0.4) is 0 Å². The number of ether oxygens (including phenoxy) is 1. The van der Waals surface area contributed by atoms with Gasteiger partial charge in [0.25, 0.3) is 5.91 Å². The largest absolute Gasteiger partial charge is 0.383 e. The number of rotatable bonds is 7. The second kappa shape index (κ2) is 8.55. The van der Waals surface area contributed by atoms with E-state index in [0.717, 1.165) is 10.8 Å². The highest BCUT2D eigenvalue weighted by Gasteiger charge is 2.36. The summed E-state index contributed by atoms with van der Waals surface area (Å²) in [5, 5.41) is 20.1. The minimum absolute atomic E-state index is 0.120. The summed E-state index contributed by atoms with van der Waals surface area (Å²) in [4.78, 5) is 18.3. The fourth-order valence-corrected chi connectivity index (χ4v) is 4.81. The van der Waals surface area contributed by atoms with Gasteiger partial charge in [-0.25, -0.2) is 4.98 Å². The number of carbonyl (C=O) groups excluding carboxylic acids is 1. The minimum atomic E-state index is -1.03. The molecule has 1 aliphatic rings. The number of piperidine rings is 1. The van der Waals surface area contributed by atoms with Crippen LogP contribution in [-0.2, 0) is 16.8 Å². The number of nitrogens with two attached hydrogens (primary N) is 1. The van der Waals surface area contributed by atoms with E-state index in [9.17, 15) is 9.90 Å². The Morgan fingerprint density at radius 3 is 2.69 bits per heavy atom. The lowest BCUT2D eigenvalue weighted by Crippen LogP contribution is -2.47. The molecule has 9 nitrogen and oxygen atoms in total. The number of aromatic nitrogens is 4. The first-order valence-electron chi connectivity index (χ1n) is 9.66. The molecule has 0 aliphatic carbocycles. The molecule has 3 heterocycles. The van der Waals surface area contributed by atoms with Gasteiger partial charge in [0, 0.05) is 19.7 Å². The normalized spacial score (nSPS) is 20.3. The average molecular weight is 443 g/mol. The van der Waals surface area contributed by atoms with Crippen LogP contribution in [0.1, 0.15) is 61.5 Å². The Labute approximate surface area is 178 Å². The van der Waals surface area contributed by atoms with E-state index in [2.05, 4.69) is 20.1 Å². The molecule has 0 unspecified atom stereocenters. The molecular formula is C18H27ClN6O3S. The van der Waals surface area contributed by atoms with Crippen LogP contribution in [0.15, 0.2) is 0 Å². The van der Waals surface area contributed by atoms with Gasteiger partial charge in [-0.05, 0) is 33.6 Å². The smallest absolute Gasteiger partial charge is 0.284 e. The van der Waals surface area contributed by atoms with Crippen LogP contribution >= 0.6 is 22.9 Å². The highest BCUT2D eigenvalue weighted by molar-refractivity contribution is 7.15. The molecule has 2 aromatic heterocycles. The van der Waals surface area contributed by atoms with Gasteiger partial charge in [-0.15, -0.1) is 10.2 Å². The van der Waals surface area contributed by atoms with Crippen molar-refractivity contribution in [1.29, 1.82) is 0 Å². The number of halogens is 1. The molecule has 1 amide bonds. The first-order valence-corrected chi connectivity index (χ1v) is 10.9. The van der Waals surface area contributed by atoms with Gasteiger partial charge in [0.05, 0.1) is 17.8 Å². The lowest BCUT2D eigenvalue weighted by molar-refractivity contribution is 0.0156. The Kier molecular flexibility index (Phi) is 6.47. The number of carbonyl (C=O) groups is 1. The van der Waals surface area contributed by atoms with Gasteiger partial charge >= 0.3 is 0 Å². The van der Waals surface area contributed by atoms with Crippen molar-refractivity contribution in [2.45, 2.75) is 58.3 Å². The Morgan fingerprint density at radius 2 is 2.14 bits per heavy atom. The summed E-state index contributed by atoms with van der Waals surface area (Å²) in [5.74, 6) is -0.446. The molecule has 1 aliphatic heterocycles. The molecular weight excluding hydrogens is 416 g/mol. The zero-order chi connectivity index (χ0) is 21.3. The molecule has 0 aromatic carbocycles. The zero-order valence-corrected chi connectivity index (χ0v) is 18.6. The summed E-state index contributed by atoms with van der Waals surface area (Å²) in [6.07, 6.45) is 1.11. The summed E-state index contributed by atoms with van der Waals surface area (Å²) >= 11 is 7.64. The third-order valence-electron chi connectivity index (χ3n) is 4.96. The lowest BCUT2D eigenvalue weighted by atomic mass is 10.0. The summed E-state index contributed by atoms with van der Waals surface area (Å²) < 4.78 is 7.89. The van der Waals surface area contributed by atoms with Crippen molar-refractivity contribution >= 4 is 34.0 Å². The van der Waals surface area contributed by atoms with E-state index < -0.39 is 11.5 Å². The fraction of sp³-hybridized carbons (Fsp3) is 0.667. The van der Waals surface area contributed by atoms with Gasteiger partial charge < -0.3 is 25.0 Å². The standard InChI is InChI=1S/C18H27ClN6O3S/c1-5-10-13(19)21-15(14(20)26)25(10)11-7-8-24(9-12(11)28-6-2)17-23-22-16(29-17)18(3,4)27/h11-12,27H,5-9H2,1-4H3,(H2,20,26)/t11-,12+/m1/s1. The maximum Gasteiger partial charge on any atom is 0.284 e. The van der Waals surface area contributed by atoms with Gasteiger partial charge in [0.15, 0.2) is 5.15 Å². The average Bonchev–Trinajstić information content (AvgIpc) is 3.26. The maximum absolute atomic E-state index is 12.0. The summed E-state index contributed by atoms with van der Waals surface area (Å²) in [5.41, 5.74) is 5.31. The van der Waals surface area contributed by atoms with E-state index in [-0.39, 0.29) is 18.0 Å². The summed E-state index contributed by atoms with van der Waals surface area (Å²) in [7, 11) is 0. The van der Waals surface area contributed by atoms with E-state index in [0.29, 0.717) is 42.7 Å². The van der Waals surface area contributed by atoms with Crippen LogP contribution in [0.2, 0.25) is 5.15 Å². The number of nitrogens with zero attached hydrogens (tertiary/aromatic N) is 5. The van der Waals surface area contributed by atoms with E-state index in [1.54, 1.807) is 13.8 Å². The van der Waals surface area contributed by atoms with E-state index in [1.807, 2.05) is 18.4 Å². The Morgan fingerprint density at radius 1 is 1.41 bits per heavy atom. The van der Waals surface area contributed by atoms with Gasteiger partial charge in [0.1, 0.15) is 10.6 Å². The molecule has 2 aromatic rings. The number of amides is 1. The zero-order valence-electron chi connectivity index (χ0n) is 17.1. The Hall–Kier alpha value is -1.75. The van der Waals surface area contributed by atoms with Gasteiger partial charge in [-0.2, -0.15) is 0 Å². The van der Waals surface area contributed by atoms with E-state index in [1.165, 1.54) is 11.3 Å². The number of hydrogen-bond donors (Lipinski definition) is 2. The number of aliphatic hydroxyl groups is 1. The Bertz CT molecular complexity index is 878. The molecule has 29 heavy (non-hydrogen) atoms. The summed E-state index contributed by atoms with van der Waals surface area (Å²) in [6.45, 7) is 9.05. The van der Waals surface area contributed by atoms with Gasteiger partial charge in [-0.3, -0.25) is 4.79 Å². The number of anilines is 1. The van der Waals surface area contributed by atoms with Crippen molar-refractivity contribution in [2.75, 3.05) is 24.6 Å². The highest BCUT2D eigenvalue weighted by atomic mass is 35.5. The molecule has 0 saturated carbocycles. The van der Waals surface area contributed by atoms with Crippen LogP contribution in [-0.4, -0.2) is 56.6 Å². The summed E-state index contributed by atoms with van der Waals surface area (Å²) in [6, 6.07) is -0.120. The fourth-order valence-electron chi connectivity index (χ4n) is 3.63. The molecule has 160 valence electrons. The SMILES string of the molecule is CCO[C@H]1CN(c2nnc(C(C)(C)O)s2)CC[C@H]1n1c(C(N)=O)nc(Cl)c1CC. The molecule has 11 heteroatoms. The molecule has 3 N–H and O–H groups in total. The predicted octanol–water partition coefficient (Wildman–Crippen LogP) is 2.13. The van der Waals surface area contributed by atoms with Crippen LogP contribution < -0.4 is 10.6 Å². The molecule has 0 radical (unpaired) electrons. The second-order valence-electron chi connectivity index (χ2n) is 7.51. The van der Waals surface area contributed by atoms with Crippen molar-refractivity contribution in [1.82, 2.24) is 19.7 Å². The monoisotopic (exact) mass is 442 g/mol. The second-order valence-corrected chi connectivity index (χ2v) is 8.82. The highest BCUT2D eigenvalue weighted by Crippen LogP contribution is 2.35. The first kappa shape index (κ1) is 21.9. The van der Waals surface area contributed by atoms with Crippen molar-refractivity contribution < 1.29 is 14.6 Å². The molecule has 2 atom stereocenters. The first-order chi connectivity index (χ1) is 13.7. The molecule has 3 rings (SSSR count). The third kappa shape index (κ3) is 4.40. The number of imidazole rings is 1. The van der Waals surface area contributed by atoms with Crippen molar-refractivity contribution in [2.24, 2.45) is 5.73 Å². The predicted molar refractivity (Wildman–Crippen MR) is 112 cm³/mol. The van der Waals surface area contributed by atoms with Crippen molar-refractivity contribution in [3.8, 4) is 0 Å². The number of primary amides is 1. The quantitative estimate of drug-likeness (QED) is 0.673. The van der Waals surface area contributed by atoms with Crippen LogP contribution in [0.25, 0.3) is 0 Å². The van der Waals surface area contributed by atoms with Gasteiger partial charge in [-0.1, -0.05) is 29.9 Å². The molecule has 1 fully saturated rings. The van der Waals surface area contributed by atoms with E-state index in [4.69, 9.17) is 22.1 Å². The van der Waals surface area contributed by atoms with Crippen molar-refractivity contribution in [3.05, 3.63) is 21.7 Å². The number of hydrogen-bond acceptors (Lipinski definition) is 8. The van der Waals surface area contributed by atoms with Crippen molar-refractivity contribution in [3.63, 3.8) is 0 Å². The minimum Gasteiger partial charge on any atom is -0.383 e. The van der Waals surface area contributed by atoms with Crippen LogP contribution in [0.4, 0.5) is 5.13 Å². The topological polar surface area (TPSA) is 119 Å². The maximum atomic E-state index is 12.0. The van der Waals surface area contributed by atoms with Crippen LogP contribution in [0, 0.1) is 0 Å².